The van der Waals surface area contributed by atoms with Gasteiger partial charge < -0.3 is 24.6 Å². The molecule has 132 valence electrons. The number of amides is 1. The summed E-state index contributed by atoms with van der Waals surface area (Å²) in [6.07, 6.45) is 2.06. The van der Waals surface area contributed by atoms with Crippen molar-refractivity contribution in [2.75, 3.05) is 20.8 Å². The van der Waals surface area contributed by atoms with E-state index in [-0.39, 0.29) is 17.5 Å². The fourth-order valence-electron chi connectivity index (χ4n) is 3.34. The molecule has 2 aromatic carbocycles. The number of rotatable bonds is 5. The van der Waals surface area contributed by atoms with Crippen molar-refractivity contribution in [2.45, 2.75) is 18.9 Å². The molecule has 0 saturated carbocycles. The zero-order valence-electron chi connectivity index (χ0n) is 14.2. The van der Waals surface area contributed by atoms with Crippen molar-refractivity contribution >= 4 is 6.41 Å². The fraction of sp³-hybridized carbons (Fsp3) is 0.316. The summed E-state index contributed by atoms with van der Waals surface area (Å²) in [5.41, 5.74) is 2.82. The number of carbonyl (C=O) groups excluding carboxylic acids is 1. The largest absolute Gasteiger partial charge is 0.504 e. The molecule has 25 heavy (non-hydrogen) atoms. The van der Waals surface area contributed by atoms with Gasteiger partial charge in [0.15, 0.2) is 23.0 Å². The minimum absolute atomic E-state index is 0.0524. The Morgan fingerprint density at radius 3 is 2.48 bits per heavy atom. The molecule has 0 bridgehead atoms. The highest BCUT2D eigenvalue weighted by Crippen LogP contribution is 2.39. The second kappa shape index (κ2) is 6.93. The van der Waals surface area contributed by atoms with Gasteiger partial charge in [-0.3, -0.25) is 4.79 Å². The molecule has 0 radical (unpaired) electrons. The number of phenols is 2. The smallest absolute Gasteiger partial charge is 0.210 e. The maximum atomic E-state index is 11.5. The molecule has 1 aliphatic rings. The topological polar surface area (TPSA) is 79.2 Å². The number of carbonyl (C=O) groups is 1. The number of phenolic OH excluding ortho intramolecular Hbond substituents is 2. The first kappa shape index (κ1) is 17.0. The second-order valence-corrected chi connectivity index (χ2v) is 6.04. The number of methoxy groups -OCH3 is 2. The molecule has 0 spiro atoms. The molecule has 1 aliphatic heterocycles. The summed E-state index contributed by atoms with van der Waals surface area (Å²) >= 11 is 0. The van der Waals surface area contributed by atoms with E-state index in [0.717, 1.165) is 23.1 Å². The number of fused-ring (bicyclic) bond motifs is 1. The normalized spacial score (nSPS) is 16.2. The van der Waals surface area contributed by atoms with E-state index in [9.17, 15) is 15.0 Å². The van der Waals surface area contributed by atoms with Crippen LogP contribution >= 0.6 is 0 Å². The lowest BCUT2D eigenvalue weighted by molar-refractivity contribution is -0.120. The molecule has 0 aliphatic carbocycles. The minimum atomic E-state index is -0.217. The Balaban J connectivity index is 1.98. The lowest BCUT2D eigenvalue weighted by Gasteiger charge is -2.35. The van der Waals surface area contributed by atoms with Gasteiger partial charge in [-0.2, -0.15) is 0 Å². The third-order valence-corrected chi connectivity index (χ3v) is 4.65. The van der Waals surface area contributed by atoms with Crippen molar-refractivity contribution in [2.24, 2.45) is 0 Å². The molecule has 2 aromatic rings. The maximum Gasteiger partial charge on any atom is 0.210 e. The Morgan fingerprint density at radius 2 is 1.84 bits per heavy atom. The van der Waals surface area contributed by atoms with E-state index in [1.165, 1.54) is 14.2 Å². The minimum Gasteiger partial charge on any atom is -0.504 e. The van der Waals surface area contributed by atoms with Crippen LogP contribution in [-0.2, 0) is 17.6 Å². The Hall–Kier alpha value is -2.89. The number of ether oxygens (including phenoxy) is 2. The predicted molar refractivity (Wildman–Crippen MR) is 92.2 cm³/mol. The first-order valence-corrected chi connectivity index (χ1v) is 8.04. The Bertz CT molecular complexity index is 790. The van der Waals surface area contributed by atoms with Gasteiger partial charge in [0.2, 0.25) is 6.41 Å². The molecular weight excluding hydrogens is 322 g/mol. The van der Waals surface area contributed by atoms with Crippen molar-refractivity contribution in [3.8, 4) is 23.0 Å². The standard InChI is InChI=1S/C19H21NO5/c1-24-18-4-3-12(8-16(18)22)7-15-14-10-17(23)19(25-2)9-13(14)5-6-20(15)11-21/h3-4,8-11,15,22-23H,5-7H2,1-2H3/t15-/m0/s1. The third kappa shape index (κ3) is 3.20. The average molecular weight is 343 g/mol. The van der Waals surface area contributed by atoms with Crippen molar-refractivity contribution in [3.63, 3.8) is 0 Å². The molecular formula is C19H21NO5. The Kier molecular flexibility index (Phi) is 4.70. The predicted octanol–water partition coefficient (Wildman–Crippen LogP) is 2.41. The molecule has 2 N–H and O–H groups in total. The average Bonchev–Trinajstić information content (AvgIpc) is 2.62. The van der Waals surface area contributed by atoms with Crippen molar-refractivity contribution < 1.29 is 24.5 Å². The van der Waals surface area contributed by atoms with Crippen molar-refractivity contribution in [1.29, 1.82) is 0 Å². The van der Waals surface area contributed by atoms with E-state index in [0.29, 0.717) is 30.9 Å². The molecule has 3 rings (SSSR count). The van der Waals surface area contributed by atoms with Crippen LogP contribution in [0.3, 0.4) is 0 Å². The van der Waals surface area contributed by atoms with Gasteiger partial charge in [0, 0.05) is 6.54 Å². The number of aromatic hydroxyl groups is 2. The molecule has 1 heterocycles. The van der Waals surface area contributed by atoms with Crippen molar-refractivity contribution in [1.82, 2.24) is 4.90 Å². The van der Waals surface area contributed by atoms with Crippen LogP contribution in [0.4, 0.5) is 0 Å². The van der Waals surface area contributed by atoms with Crippen LogP contribution in [0.5, 0.6) is 23.0 Å². The van der Waals surface area contributed by atoms with E-state index in [1.807, 2.05) is 12.1 Å². The van der Waals surface area contributed by atoms with Gasteiger partial charge in [-0.1, -0.05) is 6.07 Å². The van der Waals surface area contributed by atoms with Gasteiger partial charge in [-0.25, -0.2) is 0 Å². The van der Waals surface area contributed by atoms with E-state index < -0.39 is 0 Å². The van der Waals surface area contributed by atoms with Crippen LogP contribution in [0.1, 0.15) is 22.7 Å². The zero-order chi connectivity index (χ0) is 18.0. The van der Waals surface area contributed by atoms with E-state index in [2.05, 4.69) is 0 Å². The second-order valence-electron chi connectivity index (χ2n) is 6.04. The van der Waals surface area contributed by atoms with E-state index in [1.54, 1.807) is 23.1 Å². The molecule has 0 saturated heterocycles. The molecule has 1 amide bonds. The number of benzene rings is 2. The SMILES string of the molecule is COc1ccc(C[C@H]2c3cc(O)c(OC)cc3CCN2C=O)cc1O. The summed E-state index contributed by atoms with van der Waals surface area (Å²) in [7, 11) is 3.01. The van der Waals surface area contributed by atoms with Crippen LogP contribution in [0, 0.1) is 0 Å². The van der Waals surface area contributed by atoms with Gasteiger partial charge in [0.05, 0.1) is 20.3 Å². The summed E-state index contributed by atoms with van der Waals surface area (Å²) in [6, 6.07) is 8.47. The van der Waals surface area contributed by atoms with Crippen LogP contribution in [-0.4, -0.2) is 42.3 Å². The summed E-state index contributed by atoms with van der Waals surface area (Å²) < 4.78 is 10.2. The number of nitrogens with zero attached hydrogens (tertiary/aromatic N) is 1. The lowest BCUT2D eigenvalue weighted by atomic mass is 9.88. The summed E-state index contributed by atoms with van der Waals surface area (Å²) in [5, 5.41) is 20.1. The Labute approximate surface area is 146 Å². The molecule has 0 unspecified atom stereocenters. The molecule has 6 nitrogen and oxygen atoms in total. The highest BCUT2D eigenvalue weighted by Gasteiger charge is 2.28. The molecule has 0 fully saturated rings. The summed E-state index contributed by atoms with van der Waals surface area (Å²) in [6.45, 7) is 0.594. The quantitative estimate of drug-likeness (QED) is 0.815. The van der Waals surface area contributed by atoms with Gasteiger partial charge in [0.25, 0.3) is 0 Å². The van der Waals surface area contributed by atoms with Gasteiger partial charge in [0.1, 0.15) is 0 Å². The van der Waals surface area contributed by atoms with Gasteiger partial charge in [-0.15, -0.1) is 0 Å². The maximum absolute atomic E-state index is 11.5. The van der Waals surface area contributed by atoms with Gasteiger partial charge in [-0.05, 0) is 53.8 Å². The monoisotopic (exact) mass is 343 g/mol. The van der Waals surface area contributed by atoms with Crippen LogP contribution in [0.15, 0.2) is 30.3 Å². The highest BCUT2D eigenvalue weighted by molar-refractivity contribution is 5.55. The fourth-order valence-corrected chi connectivity index (χ4v) is 3.34. The van der Waals surface area contributed by atoms with Crippen LogP contribution in [0.25, 0.3) is 0 Å². The van der Waals surface area contributed by atoms with Gasteiger partial charge >= 0.3 is 0 Å². The van der Waals surface area contributed by atoms with Crippen LogP contribution < -0.4 is 9.47 Å². The number of hydrogen-bond acceptors (Lipinski definition) is 5. The first-order valence-electron chi connectivity index (χ1n) is 8.04. The van der Waals surface area contributed by atoms with Crippen LogP contribution in [0.2, 0.25) is 0 Å². The zero-order valence-corrected chi connectivity index (χ0v) is 14.2. The Morgan fingerprint density at radius 1 is 1.12 bits per heavy atom. The van der Waals surface area contributed by atoms with E-state index in [4.69, 9.17) is 9.47 Å². The first-order chi connectivity index (χ1) is 12.1. The highest BCUT2D eigenvalue weighted by atomic mass is 16.5. The summed E-state index contributed by atoms with van der Waals surface area (Å²) in [5.74, 6) is 0.949. The lowest BCUT2D eigenvalue weighted by Crippen LogP contribution is -2.35. The number of hydrogen-bond donors (Lipinski definition) is 2. The molecule has 6 heteroatoms. The molecule has 1 atom stereocenters. The summed E-state index contributed by atoms with van der Waals surface area (Å²) in [4.78, 5) is 13.2. The molecule has 0 aromatic heterocycles. The van der Waals surface area contributed by atoms with Crippen molar-refractivity contribution in [3.05, 3.63) is 47.0 Å². The van der Waals surface area contributed by atoms with E-state index >= 15 is 0 Å². The third-order valence-electron chi connectivity index (χ3n) is 4.65.